The maximum atomic E-state index is 13.1. The average molecular weight is 466 g/mol. The third kappa shape index (κ3) is 5.41. The highest BCUT2D eigenvalue weighted by Gasteiger charge is 2.28. The van der Waals surface area contributed by atoms with Crippen molar-refractivity contribution in [2.45, 2.75) is 52.5 Å². The highest BCUT2D eigenvalue weighted by Crippen LogP contribution is 2.30. The van der Waals surface area contributed by atoms with Gasteiger partial charge in [0.15, 0.2) is 0 Å². The van der Waals surface area contributed by atoms with Crippen LogP contribution < -0.4 is 5.32 Å². The highest BCUT2D eigenvalue weighted by molar-refractivity contribution is 6.07. The van der Waals surface area contributed by atoms with Crippen LogP contribution in [0.2, 0.25) is 0 Å². The molecule has 1 N–H and O–H groups in total. The van der Waals surface area contributed by atoms with E-state index >= 15 is 0 Å². The summed E-state index contributed by atoms with van der Waals surface area (Å²) in [6.07, 6.45) is 7.81. The first-order valence-electron chi connectivity index (χ1n) is 13.2. The van der Waals surface area contributed by atoms with Crippen molar-refractivity contribution in [1.82, 2.24) is 0 Å². The number of nitrogens with one attached hydrogen (secondary N) is 1. The third-order valence-corrected chi connectivity index (χ3v) is 7.98. The van der Waals surface area contributed by atoms with E-state index in [0.717, 1.165) is 36.2 Å². The quantitative estimate of drug-likeness (QED) is 0.385. The molecule has 0 spiro atoms. The van der Waals surface area contributed by atoms with Crippen molar-refractivity contribution in [3.63, 3.8) is 0 Å². The van der Waals surface area contributed by atoms with Gasteiger partial charge in [0.2, 0.25) is 0 Å². The van der Waals surface area contributed by atoms with Crippen LogP contribution in [-0.2, 0) is 17.8 Å². The van der Waals surface area contributed by atoms with Gasteiger partial charge < -0.3 is 9.80 Å². The number of aryl methyl sites for hydroxylation is 2. The Bertz CT molecular complexity index is 1220. The van der Waals surface area contributed by atoms with Crippen molar-refractivity contribution in [3.05, 3.63) is 94.6 Å². The topological polar surface area (TPSA) is 29.1 Å². The predicted octanol–water partition coefficient (Wildman–Crippen LogP) is 7.15. The van der Waals surface area contributed by atoms with E-state index in [4.69, 9.17) is 0 Å². The molecule has 0 saturated carbocycles. The SMILES string of the molecule is CC[N+]1(Cc2ccc(NC(=O)C3=Cc4cc(-c5ccc(C)cc5)ccc4CC3)cc2)CCCCC1. The molecule has 3 aromatic rings. The Labute approximate surface area is 210 Å². The van der Waals surface area contributed by atoms with Crippen LogP contribution in [0.3, 0.4) is 0 Å². The van der Waals surface area contributed by atoms with E-state index in [2.05, 4.69) is 92.0 Å². The Hall–Kier alpha value is -3.17. The molecule has 1 saturated heterocycles. The van der Waals surface area contributed by atoms with Gasteiger partial charge in [0, 0.05) is 16.8 Å². The lowest BCUT2D eigenvalue weighted by molar-refractivity contribution is -0.943. The molecule has 180 valence electrons. The summed E-state index contributed by atoms with van der Waals surface area (Å²) in [4.78, 5) is 13.1. The maximum absolute atomic E-state index is 13.1. The number of likely N-dealkylation sites (tertiary alicyclic amines) is 1. The standard InChI is InChI=1S/C32H36N2O/c1-3-34(19-5-4-6-20-34)23-25-9-17-31(18-10-25)33-32(35)29-16-14-27-13-15-28(21-30(27)22-29)26-11-7-24(2)8-12-26/h7-13,15,17-18,21-22H,3-6,14,16,19-20,23H2,1-2H3/p+1. The van der Waals surface area contributed by atoms with Gasteiger partial charge in [0.25, 0.3) is 5.91 Å². The first-order chi connectivity index (χ1) is 17.0. The van der Waals surface area contributed by atoms with Crippen LogP contribution in [0.25, 0.3) is 17.2 Å². The average Bonchev–Trinajstić information content (AvgIpc) is 2.90. The second kappa shape index (κ2) is 10.2. The maximum Gasteiger partial charge on any atom is 0.251 e. The van der Waals surface area contributed by atoms with Gasteiger partial charge in [-0.25, -0.2) is 0 Å². The molecule has 3 nitrogen and oxygen atoms in total. The number of hydrogen-bond acceptors (Lipinski definition) is 1. The number of quaternary nitrogens is 1. The molecule has 1 heterocycles. The Kier molecular flexibility index (Phi) is 6.88. The van der Waals surface area contributed by atoms with Crippen molar-refractivity contribution in [3.8, 4) is 11.1 Å². The summed E-state index contributed by atoms with van der Waals surface area (Å²) >= 11 is 0. The summed E-state index contributed by atoms with van der Waals surface area (Å²) in [6, 6.07) is 23.8. The number of anilines is 1. The summed E-state index contributed by atoms with van der Waals surface area (Å²) in [6.45, 7) is 9.29. The second-order valence-electron chi connectivity index (χ2n) is 10.4. The molecule has 0 aromatic heterocycles. The van der Waals surface area contributed by atoms with E-state index in [9.17, 15) is 4.79 Å². The number of hydrogen-bond donors (Lipinski definition) is 1. The Morgan fingerprint density at radius 2 is 1.57 bits per heavy atom. The summed E-state index contributed by atoms with van der Waals surface area (Å²) in [7, 11) is 0. The molecule has 0 unspecified atom stereocenters. The lowest BCUT2D eigenvalue weighted by Gasteiger charge is -2.41. The van der Waals surface area contributed by atoms with Crippen molar-refractivity contribution < 1.29 is 9.28 Å². The third-order valence-electron chi connectivity index (χ3n) is 7.98. The number of amides is 1. The monoisotopic (exact) mass is 465 g/mol. The zero-order valence-corrected chi connectivity index (χ0v) is 21.1. The molecular formula is C32H37N2O+. The number of rotatable bonds is 6. The molecule has 1 fully saturated rings. The van der Waals surface area contributed by atoms with E-state index in [-0.39, 0.29) is 5.91 Å². The number of benzene rings is 3. The van der Waals surface area contributed by atoms with Gasteiger partial charge in [0.05, 0.1) is 19.6 Å². The van der Waals surface area contributed by atoms with Gasteiger partial charge >= 0.3 is 0 Å². The molecule has 0 atom stereocenters. The molecule has 1 amide bonds. The predicted molar refractivity (Wildman–Crippen MR) is 146 cm³/mol. The molecule has 2 aliphatic rings. The van der Waals surface area contributed by atoms with Gasteiger partial charge in [-0.3, -0.25) is 4.79 Å². The second-order valence-corrected chi connectivity index (χ2v) is 10.4. The van der Waals surface area contributed by atoms with Crippen molar-refractivity contribution >= 4 is 17.7 Å². The van der Waals surface area contributed by atoms with Crippen molar-refractivity contribution in [2.24, 2.45) is 0 Å². The summed E-state index contributed by atoms with van der Waals surface area (Å²) < 4.78 is 1.20. The zero-order valence-electron chi connectivity index (χ0n) is 21.1. The fraction of sp³-hybridized carbons (Fsp3) is 0.344. The molecule has 35 heavy (non-hydrogen) atoms. The Morgan fingerprint density at radius 3 is 2.29 bits per heavy atom. The van der Waals surface area contributed by atoms with Gasteiger partial charge in [-0.15, -0.1) is 0 Å². The summed E-state index contributed by atoms with van der Waals surface area (Å²) in [5.74, 6) is 0.0113. The van der Waals surface area contributed by atoms with Crippen molar-refractivity contribution in [2.75, 3.05) is 25.0 Å². The lowest BCUT2D eigenvalue weighted by atomic mass is 9.89. The van der Waals surface area contributed by atoms with E-state index in [0.29, 0.717) is 0 Å². The number of carbonyl (C=O) groups excluding carboxylic acids is 1. The number of carbonyl (C=O) groups is 1. The minimum Gasteiger partial charge on any atom is -0.322 e. The fourth-order valence-electron chi connectivity index (χ4n) is 5.65. The van der Waals surface area contributed by atoms with Crippen LogP contribution in [0, 0.1) is 6.92 Å². The molecule has 5 rings (SSSR count). The Balaban J connectivity index is 1.27. The largest absolute Gasteiger partial charge is 0.322 e. The van der Waals surface area contributed by atoms with Crippen LogP contribution >= 0.6 is 0 Å². The van der Waals surface area contributed by atoms with Crippen LogP contribution in [-0.4, -0.2) is 30.0 Å². The van der Waals surface area contributed by atoms with E-state index in [1.54, 1.807) is 0 Å². The smallest absolute Gasteiger partial charge is 0.251 e. The molecule has 1 aliphatic heterocycles. The molecule has 3 aromatic carbocycles. The number of piperidine rings is 1. The fourth-order valence-corrected chi connectivity index (χ4v) is 5.65. The minimum absolute atomic E-state index is 0.0113. The Morgan fingerprint density at radius 1 is 0.857 bits per heavy atom. The number of nitrogens with zero attached hydrogens (tertiary/aromatic N) is 1. The summed E-state index contributed by atoms with van der Waals surface area (Å²) in [5, 5.41) is 3.14. The number of fused-ring (bicyclic) bond motifs is 1. The van der Waals surface area contributed by atoms with E-state index in [1.165, 1.54) is 71.2 Å². The van der Waals surface area contributed by atoms with Crippen molar-refractivity contribution in [1.29, 1.82) is 0 Å². The normalized spacial score (nSPS) is 16.8. The minimum atomic E-state index is 0.0113. The molecule has 1 aliphatic carbocycles. The summed E-state index contributed by atoms with van der Waals surface area (Å²) in [5.41, 5.74) is 9.22. The van der Waals surface area contributed by atoms with Gasteiger partial charge in [-0.1, -0.05) is 54.1 Å². The van der Waals surface area contributed by atoms with Crippen LogP contribution in [0.15, 0.2) is 72.3 Å². The first kappa shape index (κ1) is 23.6. The van der Waals surface area contributed by atoms with Crippen LogP contribution in [0.1, 0.15) is 54.9 Å². The van der Waals surface area contributed by atoms with E-state index < -0.39 is 0 Å². The molecule has 0 radical (unpaired) electrons. The van der Waals surface area contributed by atoms with E-state index in [1.807, 2.05) is 0 Å². The highest BCUT2D eigenvalue weighted by atomic mass is 16.1. The molecule has 3 heteroatoms. The van der Waals surface area contributed by atoms with Crippen LogP contribution in [0.5, 0.6) is 0 Å². The molecule has 0 bridgehead atoms. The van der Waals surface area contributed by atoms with Gasteiger partial charge in [0.1, 0.15) is 6.54 Å². The van der Waals surface area contributed by atoms with Gasteiger partial charge in [-0.05, 0) is 92.5 Å². The molecular weight excluding hydrogens is 428 g/mol. The first-order valence-corrected chi connectivity index (χ1v) is 13.2. The van der Waals surface area contributed by atoms with Crippen LogP contribution in [0.4, 0.5) is 5.69 Å². The lowest BCUT2D eigenvalue weighted by Crippen LogP contribution is -2.50. The van der Waals surface area contributed by atoms with Gasteiger partial charge in [-0.2, -0.15) is 0 Å². The zero-order chi connectivity index (χ0) is 24.3.